The predicted molar refractivity (Wildman–Crippen MR) is 66.7 cm³/mol. The van der Waals surface area contributed by atoms with Crippen molar-refractivity contribution in [3.8, 4) is 0 Å². The topological polar surface area (TPSA) is 29.9 Å². The zero-order chi connectivity index (χ0) is 11.5. The molecule has 1 N–H and O–H groups in total. The summed E-state index contributed by atoms with van der Waals surface area (Å²) in [6.45, 7) is 9.86. The molecule has 1 unspecified atom stereocenters. The molecule has 1 atom stereocenters. The fourth-order valence-corrected chi connectivity index (χ4v) is 2.72. The zero-order valence-corrected chi connectivity index (χ0v) is 10.7. The van der Waals surface area contributed by atoms with Crippen molar-refractivity contribution >= 4 is 0 Å². The molecule has 0 bridgehead atoms. The molecule has 1 aliphatic rings. The van der Waals surface area contributed by atoms with Gasteiger partial charge in [0.05, 0.1) is 5.69 Å². The Morgan fingerprint density at radius 2 is 2.25 bits per heavy atom. The van der Waals surface area contributed by atoms with E-state index in [2.05, 4.69) is 35.9 Å². The van der Waals surface area contributed by atoms with Crippen LogP contribution in [-0.2, 0) is 13.0 Å². The van der Waals surface area contributed by atoms with E-state index in [0.29, 0.717) is 0 Å². The molecular formula is C13H23N3. The van der Waals surface area contributed by atoms with Crippen molar-refractivity contribution in [2.45, 2.75) is 46.6 Å². The number of hydrogen-bond acceptors (Lipinski definition) is 2. The van der Waals surface area contributed by atoms with Crippen molar-refractivity contribution in [3.63, 3.8) is 0 Å². The molecule has 0 saturated carbocycles. The van der Waals surface area contributed by atoms with Gasteiger partial charge in [-0.15, -0.1) is 0 Å². The average Bonchev–Trinajstić information content (AvgIpc) is 2.58. The summed E-state index contributed by atoms with van der Waals surface area (Å²) >= 11 is 0. The van der Waals surface area contributed by atoms with E-state index in [1.807, 2.05) is 0 Å². The smallest absolute Gasteiger partial charge is 0.0628 e. The highest BCUT2D eigenvalue weighted by molar-refractivity contribution is 5.25. The van der Waals surface area contributed by atoms with Gasteiger partial charge in [-0.05, 0) is 64.6 Å². The number of nitrogens with one attached hydrogen (secondary N) is 1. The molecule has 1 fully saturated rings. The van der Waals surface area contributed by atoms with Gasteiger partial charge in [0.15, 0.2) is 0 Å². The van der Waals surface area contributed by atoms with Crippen LogP contribution in [0.2, 0.25) is 0 Å². The van der Waals surface area contributed by atoms with Gasteiger partial charge >= 0.3 is 0 Å². The lowest BCUT2D eigenvalue weighted by Crippen LogP contribution is -2.31. The first-order valence-electron chi connectivity index (χ1n) is 6.46. The standard InChI is InChI=1S/C13H23N3/c1-4-16-11(3)13(10(2)15-16)8-12-6-5-7-14-9-12/h12,14H,4-9H2,1-3H3. The van der Waals surface area contributed by atoms with Crippen molar-refractivity contribution in [1.82, 2.24) is 15.1 Å². The molecule has 16 heavy (non-hydrogen) atoms. The quantitative estimate of drug-likeness (QED) is 0.846. The third kappa shape index (κ3) is 2.29. The van der Waals surface area contributed by atoms with Crippen molar-refractivity contribution in [3.05, 3.63) is 17.0 Å². The SMILES string of the molecule is CCn1nc(C)c(CC2CCCNC2)c1C. The summed E-state index contributed by atoms with van der Waals surface area (Å²) in [5.74, 6) is 0.806. The Bertz CT molecular complexity index is 348. The third-order valence-electron chi connectivity index (χ3n) is 3.72. The Morgan fingerprint density at radius 1 is 1.44 bits per heavy atom. The summed E-state index contributed by atoms with van der Waals surface area (Å²) in [7, 11) is 0. The van der Waals surface area contributed by atoms with Gasteiger partial charge in [0, 0.05) is 12.2 Å². The Labute approximate surface area is 98.2 Å². The molecule has 0 amide bonds. The number of aryl methyl sites for hydroxylation is 2. The molecule has 0 radical (unpaired) electrons. The second-order valence-corrected chi connectivity index (χ2v) is 4.88. The number of aromatic nitrogens is 2. The van der Waals surface area contributed by atoms with E-state index in [4.69, 9.17) is 0 Å². The maximum atomic E-state index is 4.59. The number of piperidine rings is 1. The summed E-state index contributed by atoms with van der Waals surface area (Å²) in [5.41, 5.74) is 4.08. The van der Waals surface area contributed by atoms with Gasteiger partial charge in [-0.1, -0.05) is 0 Å². The monoisotopic (exact) mass is 221 g/mol. The number of nitrogens with zero attached hydrogens (tertiary/aromatic N) is 2. The summed E-state index contributed by atoms with van der Waals surface area (Å²) in [6, 6.07) is 0. The molecule has 3 heteroatoms. The van der Waals surface area contributed by atoms with Gasteiger partial charge in [0.2, 0.25) is 0 Å². The van der Waals surface area contributed by atoms with Crippen LogP contribution >= 0.6 is 0 Å². The van der Waals surface area contributed by atoms with E-state index in [0.717, 1.165) is 12.5 Å². The molecule has 1 aromatic heterocycles. The maximum absolute atomic E-state index is 4.59. The van der Waals surface area contributed by atoms with Crippen LogP contribution in [0.5, 0.6) is 0 Å². The number of hydrogen-bond donors (Lipinski definition) is 1. The lowest BCUT2D eigenvalue weighted by atomic mass is 9.91. The molecule has 0 aromatic carbocycles. The molecule has 90 valence electrons. The van der Waals surface area contributed by atoms with Crippen LogP contribution in [0.3, 0.4) is 0 Å². The van der Waals surface area contributed by atoms with Crippen LogP contribution in [0.15, 0.2) is 0 Å². The normalized spacial score (nSPS) is 21.3. The fraction of sp³-hybridized carbons (Fsp3) is 0.769. The van der Waals surface area contributed by atoms with E-state index >= 15 is 0 Å². The molecule has 2 heterocycles. The molecule has 0 spiro atoms. The van der Waals surface area contributed by atoms with Crippen LogP contribution in [0.25, 0.3) is 0 Å². The van der Waals surface area contributed by atoms with Crippen molar-refractivity contribution in [2.75, 3.05) is 13.1 Å². The van der Waals surface area contributed by atoms with Gasteiger partial charge in [-0.2, -0.15) is 5.10 Å². The molecule has 1 aliphatic heterocycles. The molecule has 2 rings (SSSR count). The van der Waals surface area contributed by atoms with Gasteiger partial charge in [-0.3, -0.25) is 4.68 Å². The highest BCUT2D eigenvalue weighted by atomic mass is 15.3. The van der Waals surface area contributed by atoms with Crippen LogP contribution in [0.1, 0.15) is 36.7 Å². The first-order chi connectivity index (χ1) is 7.72. The Kier molecular flexibility index (Phi) is 3.64. The summed E-state index contributed by atoms with van der Waals surface area (Å²) < 4.78 is 2.13. The van der Waals surface area contributed by atoms with E-state index in [1.54, 1.807) is 0 Å². The predicted octanol–water partition coefficient (Wildman–Crippen LogP) is 2.06. The molecule has 3 nitrogen and oxygen atoms in total. The third-order valence-corrected chi connectivity index (χ3v) is 3.72. The minimum atomic E-state index is 0.806. The molecular weight excluding hydrogens is 198 g/mol. The maximum Gasteiger partial charge on any atom is 0.0628 e. The average molecular weight is 221 g/mol. The fourth-order valence-electron chi connectivity index (χ4n) is 2.72. The van der Waals surface area contributed by atoms with E-state index < -0.39 is 0 Å². The van der Waals surface area contributed by atoms with Crippen molar-refractivity contribution in [1.29, 1.82) is 0 Å². The zero-order valence-electron chi connectivity index (χ0n) is 10.7. The molecule has 1 aromatic rings. The Morgan fingerprint density at radius 3 is 2.81 bits per heavy atom. The van der Waals surface area contributed by atoms with Gasteiger partial charge in [0.1, 0.15) is 0 Å². The van der Waals surface area contributed by atoms with E-state index in [1.165, 1.54) is 49.3 Å². The van der Waals surface area contributed by atoms with Gasteiger partial charge in [-0.25, -0.2) is 0 Å². The summed E-state index contributed by atoms with van der Waals surface area (Å²) in [5, 5.41) is 8.08. The number of rotatable bonds is 3. The second kappa shape index (κ2) is 5.00. The largest absolute Gasteiger partial charge is 0.316 e. The Balaban J connectivity index is 2.10. The minimum absolute atomic E-state index is 0.806. The lowest BCUT2D eigenvalue weighted by Gasteiger charge is -2.22. The summed E-state index contributed by atoms with van der Waals surface area (Å²) in [4.78, 5) is 0. The first-order valence-corrected chi connectivity index (χ1v) is 6.46. The van der Waals surface area contributed by atoms with Gasteiger partial charge in [0.25, 0.3) is 0 Å². The van der Waals surface area contributed by atoms with Crippen molar-refractivity contribution < 1.29 is 0 Å². The van der Waals surface area contributed by atoms with Crippen molar-refractivity contribution in [2.24, 2.45) is 5.92 Å². The van der Waals surface area contributed by atoms with Gasteiger partial charge < -0.3 is 5.32 Å². The minimum Gasteiger partial charge on any atom is -0.316 e. The van der Waals surface area contributed by atoms with Crippen LogP contribution in [0.4, 0.5) is 0 Å². The molecule has 1 saturated heterocycles. The highest BCUT2D eigenvalue weighted by Gasteiger charge is 2.18. The van der Waals surface area contributed by atoms with Crippen LogP contribution in [0, 0.1) is 19.8 Å². The highest BCUT2D eigenvalue weighted by Crippen LogP contribution is 2.21. The molecule has 0 aliphatic carbocycles. The second-order valence-electron chi connectivity index (χ2n) is 4.88. The van der Waals surface area contributed by atoms with E-state index in [9.17, 15) is 0 Å². The Hall–Kier alpha value is -0.830. The lowest BCUT2D eigenvalue weighted by molar-refractivity contribution is 0.375. The van der Waals surface area contributed by atoms with Crippen LogP contribution < -0.4 is 5.32 Å². The first kappa shape index (κ1) is 11.6. The van der Waals surface area contributed by atoms with Crippen LogP contribution in [-0.4, -0.2) is 22.9 Å². The van der Waals surface area contributed by atoms with E-state index in [-0.39, 0.29) is 0 Å². The summed E-state index contributed by atoms with van der Waals surface area (Å²) in [6.07, 6.45) is 3.89.